The zero-order valence-corrected chi connectivity index (χ0v) is 18.2. The van der Waals surface area contributed by atoms with Gasteiger partial charge < -0.3 is 24.3 Å². The average Bonchev–Trinajstić information content (AvgIpc) is 2.68. The van der Waals surface area contributed by atoms with E-state index in [1.165, 1.54) is 33.5 Å². The molecule has 2 aromatic carbocycles. The van der Waals surface area contributed by atoms with Gasteiger partial charge in [0.15, 0.2) is 18.1 Å². The molecule has 28 heavy (non-hydrogen) atoms. The molecule has 0 fully saturated rings. The van der Waals surface area contributed by atoms with Gasteiger partial charge >= 0.3 is 5.97 Å². The molecule has 0 aliphatic heterocycles. The second kappa shape index (κ2) is 9.86. The Morgan fingerprint density at radius 2 is 1.68 bits per heavy atom. The molecule has 2 aromatic rings. The number of carbonyl (C=O) groups is 2. The van der Waals surface area contributed by atoms with Gasteiger partial charge in [0.05, 0.1) is 41.4 Å². The van der Waals surface area contributed by atoms with Crippen LogP contribution in [0.25, 0.3) is 0 Å². The molecule has 0 aliphatic carbocycles. The minimum absolute atomic E-state index is 0.108. The minimum atomic E-state index is -0.754. The van der Waals surface area contributed by atoms with Gasteiger partial charge in [-0.2, -0.15) is 0 Å². The van der Waals surface area contributed by atoms with Gasteiger partial charge in [-0.25, -0.2) is 4.79 Å². The summed E-state index contributed by atoms with van der Waals surface area (Å²) in [5.41, 5.74) is 0.529. The second-order valence-electron chi connectivity index (χ2n) is 5.26. The van der Waals surface area contributed by atoms with E-state index in [2.05, 4.69) is 21.2 Å². The number of carbonyl (C=O) groups excluding carboxylic acids is 2. The highest BCUT2D eigenvalue weighted by molar-refractivity contribution is 9.10. The van der Waals surface area contributed by atoms with E-state index in [4.69, 9.17) is 42.1 Å². The van der Waals surface area contributed by atoms with E-state index >= 15 is 0 Å². The van der Waals surface area contributed by atoms with Crippen LogP contribution in [0, 0.1) is 0 Å². The Hall–Kier alpha value is -2.16. The van der Waals surface area contributed by atoms with Gasteiger partial charge in [-0.1, -0.05) is 23.2 Å². The van der Waals surface area contributed by atoms with E-state index in [9.17, 15) is 9.59 Å². The van der Waals surface area contributed by atoms with Crippen LogP contribution >= 0.6 is 39.1 Å². The molecule has 0 radical (unpaired) electrons. The number of halogens is 3. The topological polar surface area (TPSA) is 83.1 Å². The van der Waals surface area contributed by atoms with Crippen molar-refractivity contribution < 1.29 is 28.5 Å². The summed E-state index contributed by atoms with van der Waals surface area (Å²) < 4.78 is 21.1. The quantitative estimate of drug-likeness (QED) is 0.569. The largest absolute Gasteiger partial charge is 0.493 e. The van der Waals surface area contributed by atoms with Crippen LogP contribution in [0.3, 0.4) is 0 Å². The molecule has 0 saturated heterocycles. The van der Waals surface area contributed by atoms with E-state index in [1.807, 2.05) is 0 Å². The summed E-state index contributed by atoms with van der Waals surface area (Å²) in [7, 11) is 4.28. The third-order valence-electron chi connectivity index (χ3n) is 3.53. The van der Waals surface area contributed by atoms with Crippen LogP contribution in [-0.4, -0.2) is 39.8 Å². The number of benzene rings is 2. The first-order chi connectivity index (χ1) is 13.3. The van der Waals surface area contributed by atoms with Crippen molar-refractivity contribution in [2.24, 2.45) is 0 Å². The van der Waals surface area contributed by atoms with Crippen LogP contribution in [0.2, 0.25) is 10.0 Å². The molecule has 0 saturated carbocycles. The van der Waals surface area contributed by atoms with Crippen LogP contribution in [0.15, 0.2) is 28.7 Å². The van der Waals surface area contributed by atoms with Crippen LogP contribution in [-0.2, 0) is 9.53 Å². The van der Waals surface area contributed by atoms with Crippen LogP contribution in [0.1, 0.15) is 10.4 Å². The zero-order chi connectivity index (χ0) is 20.8. The zero-order valence-electron chi connectivity index (χ0n) is 15.1. The third-order valence-corrected chi connectivity index (χ3v) is 5.05. The number of nitrogens with one attached hydrogen (secondary N) is 1. The Balaban J connectivity index is 2.12. The fourth-order valence-electron chi connectivity index (χ4n) is 2.25. The number of methoxy groups -OCH3 is 3. The molecule has 1 amide bonds. The molecule has 2 rings (SSSR count). The molecule has 10 heteroatoms. The van der Waals surface area contributed by atoms with Crippen molar-refractivity contribution in [1.29, 1.82) is 0 Å². The van der Waals surface area contributed by atoms with Crippen molar-refractivity contribution in [2.45, 2.75) is 0 Å². The summed E-state index contributed by atoms with van der Waals surface area (Å²) in [4.78, 5) is 24.5. The van der Waals surface area contributed by atoms with Crippen LogP contribution < -0.4 is 19.5 Å². The molecule has 150 valence electrons. The lowest BCUT2D eigenvalue weighted by Crippen LogP contribution is -2.21. The molecule has 0 atom stereocenters. The predicted molar refractivity (Wildman–Crippen MR) is 109 cm³/mol. The van der Waals surface area contributed by atoms with Crippen molar-refractivity contribution in [3.63, 3.8) is 0 Å². The average molecular weight is 493 g/mol. The van der Waals surface area contributed by atoms with Crippen molar-refractivity contribution in [2.75, 3.05) is 33.3 Å². The SMILES string of the molecule is COc1cc(C(=O)OCC(=O)Nc2ccc(Cl)c(Cl)c2)c(Br)c(OC)c1OC. The van der Waals surface area contributed by atoms with Gasteiger partial charge in [0, 0.05) is 5.69 Å². The standard InChI is InChI=1S/C18H16BrCl2NO6/c1-25-13-7-10(15(19)17(27-3)16(13)26-2)18(24)28-8-14(23)22-9-4-5-11(20)12(21)6-9/h4-7H,8H2,1-3H3,(H,22,23). The first kappa shape index (κ1) is 22.1. The maximum Gasteiger partial charge on any atom is 0.340 e. The Kier molecular flexibility index (Phi) is 7.79. The summed E-state index contributed by atoms with van der Waals surface area (Å²) in [5.74, 6) is -0.458. The van der Waals surface area contributed by atoms with Gasteiger partial charge in [0.25, 0.3) is 5.91 Å². The predicted octanol–water partition coefficient (Wildman–Crippen LogP) is 4.58. The minimum Gasteiger partial charge on any atom is -0.493 e. The maximum absolute atomic E-state index is 12.4. The molecule has 0 unspecified atom stereocenters. The van der Waals surface area contributed by atoms with E-state index < -0.39 is 18.5 Å². The molecule has 0 heterocycles. The Bertz CT molecular complexity index is 906. The molecular formula is C18H16BrCl2NO6. The number of rotatable bonds is 7. The van der Waals surface area contributed by atoms with E-state index in [0.29, 0.717) is 20.9 Å². The van der Waals surface area contributed by atoms with E-state index in [0.717, 1.165) is 0 Å². The molecule has 0 bridgehead atoms. The number of esters is 1. The highest BCUT2D eigenvalue weighted by atomic mass is 79.9. The molecule has 7 nitrogen and oxygen atoms in total. The van der Waals surface area contributed by atoms with E-state index in [1.54, 1.807) is 12.1 Å². The maximum atomic E-state index is 12.4. The second-order valence-corrected chi connectivity index (χ2v) is 6.87. The number of hydrogen-bond donors (Lipinski definition) is 1. The van der Waals surface area contributed by atoms with Crippen molar-refractivity contribution in [3.05, 3.63) is 44.3 Å². The van der Waals surface area contributed by atoms with Gasteiger partial charge in [-0.3, -0.25) is 4.79 Å². The molecule has 1 N–H and O–H groups in total. The van der Waals surface area contributed by atoms with Gasteiger partial charge in [0.1, 0.15) is 0 Å². The molecule has 0 aliphatic rings. The van der Waals surface area contributed by atoms with Gasteiger partial charge in [-0.05, 0) is 40.2 Å². The number of hydrogen-bond acceptors (Lipinski definition) is 6. The summed E-state index contributed by atoms with van der Waals surface area (Å²) in [6.07, 6.45) is 0. The van der Waals surface area contributed by atoms with Crippen molar-refractivity contribution >= 4 is 56.7 Å². The lowest BCUT2D eigenvalue weighted by atomic mass is 10.2. The summed E-state index contributed by atoms with van der Waals surface area (Å²) in [6, 6.07) is 6.02. The van der Waals surface area contributed by atoms with Crippen molar-refractivity contribution in [3.8, 4) is 17.2 Å². The molecular weight excluding hydrogens is 477 g/mol. The lowest BCUT2D eigenvalue weighted by Gasteiger charge is -2.16. The molecule has 0 spiro atoms. The number of anilines is 1. The number of ether oxygens (including phenoxy) is 4. The first-order valence-corrected chi connectivity index (χ1v) is 9.27. The summed E-state index contributed by atoms with van der Waals surface area (Å²) >= 11 is 15.0. The van der Waals surface area contributed by atoms with Crippen LogP contribution in [0.4, 0.5) is 5.69 Å². The third kappa shape index (κ3) is 5.01. The Morgan fingerprint density at radius 1 is 1.00 bits per heavy atom. The van der Waals surface area contributed by atoms with Crippen LogP contribution in [0.5, 0.6) is 17.2 Å². The first-order valence-electron chi connectivity index (χ1n) is 7.72. The Morgan fingerprint density at radius 3 is 2.25 bits per heavy atom. The summed E-state index contributed by atoms with van der Waals surface area (Å²) in [5, 5.41) is 3.20. The number of amides is 1. The highest BCUT2D eigenvalue weighted by Gasteiger charge is 2.24. The fraction of sp³-hybridized carbons (Fsp3) is 0.222. The fourth-order valence-corrected chi connectivity index (χ4v) is 3.17. The van der Waals surface area contributed by atoms with Gasteiger partial charge in [-0.15, -0.1) is 0 Å². The Labute approximate surface area is 179 Å². The lowest BCUT2D eigenvalue weighted by molar-refractivity contribution is -0.119. The van der Waals surface area contributed by atoms with Gasteiger partial charge in [0.2, 0.25) is 5.75 Å². The monoisotopic (exact) mass is 491 g/mol. The normalized spacial score (nSPS) is 10.2. The van der Waals surface area contributed by atoms with Crippen molar-refractivity contribution in [1.82, 2.24) is 0 Å². The van der Waals surface area contributed by atoms with E-state index in [-0.39, 0.29) is 22.1 Å². The summed E-state index contributed by atoms with van der Waals surface area (Å²) in [6.45, 7) is -0.512. The molecule has 0 aromatic heterocycles. The highest BCUT2D eigenvalue weighted by Crippen LogP contribution is 2.44. The smallest absolute Gasteiger partial charge is 0.340 e.